The molecule has 0 unspecified atom stereocenters. The van der Waals surface area contributed by atoms with E-state index in [0.29, 0.717) is 44.3 Å². The van der Waals surface area contributed by atoms with E-state index in [0.717, 1.165) is 15.6 Å². The molecule has 1 N–H and O–H groups in total. The molecular formula is C18H12ClF2N5OS3. The SMILES string of the molecule is FC(F)Sc1ccc(Nc2nnc(SCc3nnc(-c4ccc(Cl)cc4)o3)s2)cc1. The summed E-state index contributed by atoms with van der Waals surface area (Å²) in [6, 6.07) is 13.8. The van der Waals surface area contributed by atoms with E-state index in [2.05, 4.69) is 25.7 Å². The van der Waals surface area contributed by atoms with Crippen LogP contribution in [0, 0.1) is 0 Å². The Balaban J connectivity index is 1.32. The van der Waals surface area contributed by atoms with Crippen molar-refractivity contribution >= 4 is 57.3 Å². The van der Waals surface area contributed by atoms with E-state index >= 15 is 0 Å². The lowest BCUT2D eigenvalue weighted by Gasteiger charge is -2.03. The molecule has 0 bridgehead atoms. The second-order valence-corrected chi connectivity index (χ2v) is 9.40. The topological polar surface area (TPSA) is 76.7 Å². The van der Waals surface area contributed by atoms with Gasteiger partial charge in [0.2, 0.25) is 16.9 Å². The maximum Gasteiger partial charge on any atom is 0.288 e. The van der Waals surface area contributed by atoms with Crippen LogP contribution in [0.15, 0.2) is 62.2 Å². The Morgan fingerprint density at radius 1 is 1.00 bits per heavy atom. The van der Waals surface area contributed by atoms with Crippen LogP contribution in [0.25, 0.3) is 11.5 Å². The maximum atomic E-state index is 12.4. The summed E-state index contributed by atoms with van der Waals surface area (Å²) in [5.74, 6) is -1.08. The number of nitrogens with zero attached hydrogens (tertiary/aromatic N) is 4. The van der Waals surface area contributed by atoms with E-state index in [1.54, 1.807) is 36.4 Å². The minimum atomic E-state index is -2.44. The fourth-order valence-corrected chi connectivity index (χ4v) is 4.54. The third-order valence-electron chi connectivity index (χ3n) is 3.61. The van der Waals surface area contributed by atoms with Crippen molar-refractivity contribution in [2.75, 3.05) is 5.32 Å². The number of halogens is 3. The van der Waals surface area contributed by atoms with E-state index in [4.69, 9.17) is 16.0 Å². The smallest absolute Gasteiger partial charge is 0.288 e. The summed E-state index contributed by atoms with van der Waals surface area (Å²) in [7, 11) is 0. The van der Waals surface area contributed by atoms with E-state index in [9.17, 15) is 8.78 Å². The molecule has 0 aliphatic carbocycles. The van der Waals surface area contributed by atoms with Crippen LogP contribution in [0.1, 0.15) is 5.89 Å². The molecule has 0 spiro atoms. The normalized spacial score (nSPS) is 11.2. The standard InChI is InChI=1S/C18H12ClF2N5OS3/c19-11-3-1-10(2-4-11)15-24-23-14(27-15)9-28-18-26-25-17(30-18)22-12-5-7-13(8-6-12)29-16(20)21/h1-8,16H,9H2,(H,22,25). The number of alkyl halides is 2. The van der Waals surface area contributed by atoms with E-state index in [-0.39, 0.29) is 0 Å². The Labute approximate surface area is 187 Å². The summed E-state index contributed by atoms with van der Waals surface area (Å²) >= 11 is 9.18. The van der Waals surface area contributed by atoms with Crippen LogP contribution < -0.4 is 5.32 Å². The number of hydrogen-bond donors (Lipinski definition) is 1. The number of rotatable bonds is 8. The first-order valence-corrected chi connectivity index (χ1v) is 11.5. The highest BCUT2D eigenvalue weighted by Crippen LogP contribution is 2.31. The van der Waals surface area contributed by atoms with Crippen molar-refractivity contribution in [3.8, 4) is 11.5 Å². The van der Waals surface area contributed by atoms with Crippen LogP contribution in [0.3, 0.4) is 0 Å². The first-order valence-electron chi connectivity index (χ1n) is 8.42. The van der Waals surface area contributed by atoms with Gasteiger partial charge in [-0.2, -0.15) is 8.78 Å². The monoisotopic (exact) mass is 483 g/mol. The molecule has 0 fully saturated rings. The molecule has 0 saturated carbocycles. The second-order valence-electron chi connectivity index (χ2n) is 5.70. The molecular weight excluding hydrogens is 472 g/mol. The van der Waals surface area contributed by atoms with Gasteiger partial charge >= 0.3 is 0 Å². The molecule has 30 heavy (non-hydrogen) atoms. The van der Waals surface area contributed by atoms with E-state index in [1.807, 2.05) is 12.1 Å². The van der Waals surface area contributed by atoms with Crippen LogP contribution in [-0.4, -0.2) is 26.2 Å². The Morgan fingerprint density at radius 2 is 1.77 bits per heavy atom. The lowest BCUT2D eigenvalue weighted by Crippen LogP contribution is -1.89. The largest absolute Gasteiger partial charge is 0.420 e. The van der Waals surface area contributed by atoms with E-state index < -0.39 is 5.76 Å². The molecule has 2 heterocycles. The summed E-state index contributed by atoms with van der Waals surface area (Å²) in [5, 5.41) is 20.6. The van der Waals surface area contributed by atoms with Crippen molar-refractivity contribution < 1.29 is 13.2 Å². The van der Waals surface area contributed by atoms with Crippen LogP contribution in [0.5, 0.6) is 0 Å². The summed E-state index contributed by atoms with van der Waals surface area (Å²) in [5.41, 5.74) is 1.54. The van der Waals surface area contributed by atoms with Crippen molar-refractivity contribution in [2.45, 2.75) is 20.7 Å². The average molecular weight is 484 g/mol. The molecule has 6 nitrogen and oxygen atoms in total. The molecule has 4 aromatic rings. The highest BCUT2D eigenvalue weighted by atomic mass is 35.5. The summed E-state index contributed by atoms with van der Waals surface area (Å²) in [6.07, 6.45) is 0. The van der Waals surface area contributed by atoms with Crippen LogP contribution in [-0.2, 0) is 5.75 Å². The van der Waals surface area contributed by atoms with Gasteiger partial charge in [-0.25, -0.2) is 0 Å². The molecule has 2 aromatic heterocycles. The number of hydrogen-bond acceptors (Lipinski definition) is 9. The zero-order chi connectivity index (χ0) is 20.9. The Bertz CT molecular complexity index is 1110. The highest BCUT2D eigenvalue weighted by Gasteiger charge is 2.12. The lowest BCUT2D eigenvalue weighted by atomic mass is 10.2. The first kappa shape index (κ1) is 21.0. The molecule has 0 aliphatic rings. The molecule has 12 heteroatoms. The molecule has 0 atom stereocenters. The predicted octanol–water partition coefficient (Wildman–Crippen LogP) is 6.59. The van der Waals surface area contributed by atoms with E-state index in [1.165, 1.54) is 23.1 Å². The van der Waals surface area contributed by atoms with Gasteiger partial charge in [0.25, 0.3) is 5.76 Å². The Hall–Kier alpha value is -2.21. The minimum absolute atomic E-state index is 0.426. The summed E-state index contributed by atoms with van der Waals surface area (Å²) in [4.78, 5) is 0.501. The Morgan fingerprint density at radius 3 is 2.50 bits per heavy atom. The van der Waals surface area contributed by atoms with Crippen molar-refractivity contribution in [1.29, 1.82) is 0 Å². The zero-order valence-electron chi connectivity index (χ0n) is 15.0. The quantitative estimate of drug-likeness (QED) is 0.281. The molecule has 4 rings (SSSR count). The number of nitrogens with one attached hydrogen (secondary N) is 1. The minimum Gasteiger partial charge on any atom is -0.420 e. The van der Waals surface area contributed by atoms with Gasteiger partial charge in [0, 0.05) is 21.2 Å². The second kappa shape index (κ2) is 9.73. The Kier molecular flexibility index (Phi) is 6.82. The van der Waals surface area contributed by atoms with Gasteiger partial charge in [0.15, 0.2) is 4.34 Å². The number of anilines is 2. The molecule has 0 amide bonds. The van der Waals surface area contributed by atoms with Crippen LogP contribution in [0.4, 0.5) is 19.6 Å². The molecule has 2 aromatic carbocycles. The maximum absolute atomic E-state index is 12.4. The number of benzene rings is 2. The van der Waals surface area contributed by atoms with Gasteiger partial charge in [-0.15, -0.1) is 20.4 Å². The molecule has 154 valence electrons. The molecule has 0 saturated heterocycles. The first-order chi connectivity index (χ1) is 14.5. The summed E-state index contributed by atoms with van der Waals surface area (Å²) in [6.45, 7) is 0. The third-order valence-corrected chi connectivity index (χ3v) is 6.55. The van der Waals surface area contributed by atoms with Gasteiger partial charge in [-0.1, -0.05) is 46.5 Å². The predicted molar refractivity (Wildman–Crippen MR) is 116 cm³/mol. The lowest BCUT2D eigenvalue weighted by molar-refractivity contribution is 0.252. The highest BCUT2D eigenvalue weighted by molar-refractivity contribution is 8.00. The average Bonchev–Trinajstić information content (AvgIpc) is 3.38. The number of aromatic nitrogens is 4. The fraction of sp³-hybridized carbons (Fsp3) is 0.111. The van der Waals surface area contributed by atoms with Gasteiger partial charge in [-0.3, -0.25) is 0 Å². The van der Waals surface area contributed by atoms with Crippen LogP contribution >= 0.6 is 46.5 Å². The van der Waals surface area contributed by atoms with Crippen molar-refractivity contribution in [3.05, 3.63) is 59.4 Å². The molecule has 0 radical (unpaired) electrons. The third kappa shape index (κ3) is 5.69. The molecule has 0 aliphatic heterocycles. The van der Waals surface area contributed by atoms with Gasteiger partial charge in [0.1, 0.15) is 0 Å². The van der Waals surface area contributed by atoms with Gasteiger partial charge in [-0.05, 0) is 48.5 Å². The van der Waals surface area contributed by atoms with Crippen molar-refractivity contribution in [1.82, 2.24) is 20.4 Å². The number of thioether (sulfide) groups is 2. The van der Waals surface area contributed by atoms with Gasteiger partial charge in [0.05, 0.1) is 5.75 Å². The fourth-order valence-electron chi connectivity index (χ4n) is 2.31. The zero-order valence-corrected chi connectivity index (χ0v) is 18.2. The van der Waals surface area contributed by atoms with Crippen LogP contribution in [0.2, 0.25) is 5.02 Å². The van der Waals surface area contributed by atoms with Gasteiger partial charge < -0.3 is 9.73 Å². The summed E-state index contributed by atoms with van der Waals surface area (Å²) < 4.78 is 31.2. The van der Waals surface area contributed by atoms with Crippen molar-refractivity contribution in [3.63, 3.8) is 0 Å². The van der Waals surface area contributed by atoms with Crippen molar-refractivity contribution in [2.24, 2.45) is 0 Å².